The lowest BCUT2D eigenvalue weighted by atomic mass is 9.74. The lowest BCUT2D eigenvalue weighted by Gasteiger charge is -2.38. The van der Waals surface area contributed by atoms with Crippen LogP contribution in [0.3, 0.4) is 0 Å². The van der Waals surface area contributed by atoms with Gasteiger partial charge in [-0.2, -0.15) is 5.26 Å². The number of nitriles is 1. The maximum Gasteiger partial charge on any atom is 0.495 e. The van der Waals surface area contributed by atoms with Gasteiger partial charge in [0, 0.05) is 5.39 Å². The summed E-state index contributed by atoms with van der Waals surface area (Å²) < 4.78 is 28.1. The van der Waals surface area contributed by atoms with Crippen LogP contribution in [-0.4, -0.2) is 26.4 Å². The van der Waals surface area contributed by atoms with E-state index in [1.807, 2.05) is 27.7 Å². The molecule has 0 aromatic heterocycles. The van der Waals surface area contributed by atoms with Crippen molar-refractivity contribution in [2.24, 2.45) is 0 Å². The molecule has 3 nitrogen and oxygen atoms in total. The molecule has 2 aromatic rings. The number of hydrogen-bond acceptors (Lipinski definition) is 3. The van der Waals surface area contributed by atoms with Crippen LogP contribution in [0.2, 0.25) is 16.6 Å². The zero-order valence-corrected chi connectivity index (χ0v) is 23.3. The first-order chi connectivity index (χ1) is 15.7. The molecule has 0 unspecified atom stereocenters. The van der Waals surface area contributed by atoms with Gasteiger partial charge in [-0.05, 0) is 73.4 Å². The number of hydrogen-bond donors (Lipinski definition) is 0. The Labute approximate surface area is 206 Å². The highest BCUT2D eigenvalue weighted by Crippen LogP contribution is 2.41. The van der Waals surface area contributed by atoms with Crippen LogP contribution in [-0.2, 0) is 9.31 Å². The molecule has 180 valence electrons. The number of nitrogens with zero attached hydrogens (tertiary/aromatic N) is 1. The van der Waals surface area contributed by atoms with Crippen molar-refractivity contribution in [3.05, 3.63) is 41.2 Å². The van der Waals surface area contributed by atoms with E-state index < -0.39 is 26.4 Å². The van der Waals surface area contributed by atoms with E-state index in [1.165, 1.54) is 6.07 Å². The fraction of sp³-hybridized carbons (Fsp3) is 0.536. The van der Waals surface area contributed by atoms with Crippen LogP contribution in [0, 0.1) is 28.6 Å². The highest BCUT2D eigenvalue weighted by atomic mass is 28.3. The standard InChI is InChI=1S/C28H37BFNO2Si/c1-18(2)34(19(3)4,20(5)6)14-13-23-25(30)12-11-22-15-21(17-31)16-24(26(22)23)29-32-27(7,8)28(9,10)33-29/h11-12,15-16,18-20H,1-10H3. The van der Waals surface area contributed by atoms with E-state index in [4.69, 9.17) is 9.31 Å². The summed E-state index contributed by atoms with van der Waals surface area (Å²) in [7, 11) is -2.79. The first kappa shape index (κ1) is 26.5. The Morgan fingerprint density at radius 1 is 0.912 bits per heavy atom. The summed E-state index contributed by atoms with van der Waals surface area (Å²) in [5, 5.41) is 11.1. The van der Waals surface area contributed by atoms with Crippen molar-refractivity contribution in [1.29, 1.82) is 5.26 Å². The van der Waals surface area contributed by atoms with Crippen LogP contribution in [0.25, 0.3) is 10.8 Å². The Hall–Kier alpha value is -2.12. The number of rotatable bonds is 4. The van der Waals surface area contributed by atoms with Gasteiger partial charge in [-0.15, -0.1) is 5.54 Å². The van der Waals surface area contributed by atoms with Crippen LogP contribution in [0.5, 0.6) is 0 Å². The minimum atomic E-state index is -2.08. The van der Waals surface area contributed by atoms with Gasteiger partial charge < -0.3 is 9.31 Å². The minimum Gasteiger partial charge on any atom is -0.399 e. The van der Waals surface area contributed by atoms with Crippen LogP contribution in [0.4, 0.5) is 4.39 Å². The van der Waals surface area contributed by atoms with Crippen LogP contribution in [0.15, 0.2) is 24.3 Å². The second-order valence-corrected chi connectivity index (χ2v) is 17.0. The first-order valence-electron chi connectivity index (χ1n) is 12.2. The van der Waals surface area contributed by atoms with Crippen LogP contribution < -0.4 is 5.46 Å². The Balaban J connectivity index is 2.34. The molecule has 3 rings (SSSR count). The van der Waals surface area contributed by atoms with E-state index in [2.05, 4.69) is 59.1 Å². The van der Waals surface area contributed by atoms with E-state index in [0.717, 1.165) is 5.39 Å². The van der Waals surface area contributed by atoms with E-state index in [9.17, 15) is 5.26 Å². The summed E-state index contributed by atoms with van der Waals surface area (Å²) in [6.07, 6.45) is 0. The van der Waals surface area contributed by atoms with Crippen LogP contribution >= 0.6 is 0 Å². The van der Waals surface area contributed by atoms with Crippen molar-refractivity contribution in [2.75, 3.05) is 0 Å². The van der Waals surface area contributed by atoms with Crippen LogP contribution in [0.1, 0.15) is 80.4 Å². The molecule has 0 spiro atoms. The van der Waals surface area contributed by atoms with Crippen molar-refractivity contribution >= 4 is 31.4 Å². The van der Waals surface area contributed by atoms with Crippen molar-refractivity contribution in [3.63, 3.8) is 0 Å². The molecule has 0 atom stereocenters. The highest BCUT2D eigenvalue weighted by Gasteiger charge is 2.52. The van der Waals surface area contributed by atoms with E-state index in [-0.39, 0.29) is 5.82 Å². The summed E-state index contributed by atoms with van der Waals surface area (Å²) >= 11 is 0. The summed E-state index contributed by atoms with van der Waals surface area (Å²) in [6, 6.07) is 8.93. The van der Waals surface area contributed by atoms with Gasteiger partial charge in [0.25, 0.3) is 0 Å². The van der Waals surface area contributed by atoms with Crippen molar-refractivity contribution in [3.8, 4) is 17.5 Å². The molecule has 2 aromatic carbocycles. The molecule has 1 fully saturated rings. The van der Waals surface area contributed by atoms with E-state index in [0.29, 0.717) is 38.6 Å². The van der Waals surface area contributed by atoms with Gasteiger partial charge in [0.2, 0.25) is 0 Å². The Kier molecular flexibility index (Phi) is 7.13. The molecule has 1 saturated heterocycles. The number of halogens is 1. The second-order valence-electron chi connectivity index (χ2n) is 11.4. The molecule has 0 amide bonds. The third kappa shape index (κ3) is 4.33. The maximum atomic E-state index is 15.4. The molecule has 0 radical (unpaired) electrons. The van der Waals surface area contributed by atoms with Gasteiger partial charge in [-0.1, -0.05) is 53.5 Å². The molecular formula is C28H37BFNO2Si. The van der Waals surface area contributed by atoms with E-state index >= 15 is 4.39 Å². The number of benzene rings is 2. The monoisotopic (exact) mass is 477 g/mol. The predicted molar refractivity (Wildman–Crippen MR) is 142 cm³/mol. The van der Waals surface area contributed by atoms with Crippen molar-refractivity contribution < 1.29 is 13.7 Å². The van der Waals surface area contributed by atoms with Crippen molar-refractivity contribution in [2.45, 2.75) is 97.1 Å². The molecule has 1 aliphatic heterocycles. The second kappa shape index (κ2) is 9.16. The fourth-order valence-corrected chi connectivity index (χ4v) is 10.6. The third-order valence-electron chi connectivity index (χ3n) is 8.00. The average Bonchev–Trinajstić information content (AvgIpc) is 2.95. The topological polar surface area (TPSA) is 42.2 Å². The largest absolute Gasteiger partial charge is 0.495 e. The highest BCUT2D eigenvalue weighted by molar-refractivity contribution is 6.90. The van der Waals surface area contributed by atoms with Gasteiger partial charge in [0.15, 0.2) is 0 Å². The first-order valence-corrected chi connectivity index (χ1v) is 14.5. The fourth-order valence-electron chi connectivity index (χ4n) is 5.42. The molecule has 0 aliphatic carbocycles. The predicted octanol–water partition coefficient (Wildman–Crippen LogP) is 6.72. The Bertz CT molecular complexity index is 1160. The zero-order chi connectivity index (χ0) is 25.6. The summed E-state index contributed by atoms with van der Waals surface area (Å²) in [5.41, 5.74) is 5.37. The normalized spacial score (nSPS) is 17.4. The van der Waals surface area contributed by atoms with Gasteiger partial charge in [0.05, 0.1) is 28.4 Å². The van der Waals surface area contributed by atoms with Gasteiger partial charge in [-0.25, -0.2) is 4.39 Å². The van der Waals surface area contributed by atoms with Gasteiger partial charge in [-0.3, -0.25) is 0 Å². The smallest absolute Gasteiger partial charge is 0.399 e. The molecule has 1 heterocycles. The molecule has 1 aliphatic rings. The average molecular weight is 478 g/mol. The maximum absolute atomic E-state index is 15.4. The lowest BCUT2D eigenvalue weighted by molar-refractivity contribution is 0.00578. The van der Waals surface area contributed by atoms with Gasteiger partial charge in [0.1, 0.15) is 13.9 Å². The molecule has 0 saturated carbocycles. The van der Waals surface area contributed by atoms with Crippen molar-refractivity contribution in [1.82, 2.24) is 0 Å². The van der Waals surface area contributed by atoms with E-state index in [1.54, 1.807) is 18.2 Å². The molecule has 34 heavy (non-hydrogen) atoms. The Morgan fingerprint density at radius 3 is 1.91 bits per heavy atom. The zero-order valence-electron chi connectivity index (χ0n) is 22.3. The summed E-state index contributed by atoms with van der Waals surface area (Å²) in [6.45, 7) is 21.4. The summed E-state index contributed by atoms with van der Waals surface area (Å²) in [4.78, 5) is 0. The lowest BCUT2D eigenvalue weighted by Crippen LogP contribution is -2.43. The molecule has 0 bridgehead atoms. The molecule has 6 heteroatoms. The SMILES string of the molecule is CC(C)[Si](C#Cc1c(F)ccc2cc(C#N)cc(B3OC(C)(C)C(C)(C)O3)c12)(C(C)C)C(C)C. The quantitative estimate of drug-likeness (QED) is 0.363. The molecular weight excluding hydrogens is 440 g/mol. The molecule has 0 N–H and O–H groups in total. The van der Waals surface area contributed by atoms with Gasteiger partial charge >= 0.3 is 7.12 Å². The Morgan fingerprint density at radius 2 is 1.44 bits per heavy atom. The minimum absolute atomic E-state index is 0.360. The third-order valence-corrected chi connectivity index (χ3v) is 14.3. The number of fused-ring (bicyclic) bond motifs is 1. The summed E-state index contributed by atoms with van der Waals surface area (Å²) in [5.74, 6) is 2.97.